The second kappa shape index (κ2) is 6.10. The molecule has 7 heteroatoms. The summed E-state index contributed by atoms with van der Waals surface area (Å²) in [7, 11) is 1.66. The van der Waals surface area contributed by atoms with E-state index < -0.39 is 11.3 Å². The van der Waals surface area contributed by atoms with Gasteiger partial charge in [-0.15, -0.1) is 4.40 Å². The summed E-state index contributed by atoms with van der Waals surface area (Å²) in [6, 6.07) is 16.0. The molecule has 1 unspecified atom stereocenters. The summed E-state index contributed by atoms with van der Waals surface area (Å²) in [6.45, 7) is 0.749. The molecule has 3 aromatic rings. The zero-order chi connectivity index (χ0) is 16.5. The van der Waals surface area contributed by atoms with Crippen LogP contribution >= 0.6 is 0 Å². The molecule has 0 aliphatic carbocycles. The summed E-state index contributed by atoms with van der Waals surface area (Å²) in [6.07, 6.45) is 2.05. The predicted octanol–water partition coefficient (Wildman–Crippen LogP) is 2.56. The standard InChI is InChI=1S/C17H15N3O3S/c1-22-15-6-2-12(3-7-15)11-20-9-8-13-4-5-14(10-16(13)20)17-18-23-24(21)19-17/h2-10H,11H2,1H3,(H,18,19). The Morgan fingerprint density at radius 3 is 2.75 bits per heavy atom. The van der Waals surface area contributed by atoms with Gasteiger partial charge in [-0.3, -0.25) is 0 Å². The van der Waals surface area contributed by atoms with Gasteiger partial charge in [0.15, 0.2) is 5.84 Å². The number of ether oxygens (including phenoxy) is 1. The highest BCUT2D eigenvalue weighted by Crippen LogP contribution is 2.21. The highest BCUT2D eigenvalue weighted by Gasteiger charge is 2.16. The van der Waals surface area contributed by atoms with Gasteiger partial charge in [-0.05, 0) is 35.2 Å². The van der Waals surface area contributed by atoms with Crippen molar-refractivity contribution in [2.24, 2.45) is 4.40 Å². The predicted molar refractivity (Wildman–Crippen MR) is 92.9 cm³/mol. The molecule has 0 radical (unpaired) electrons. The van der Waals surface area contributed by atoms with Crippen LogP contribution in [0.1, 0.15) is 11.1 Å². The molecule has 2 aromatic carbocycles. The zero-order valence-corrected chi connectivity index (χ0v) is 13.7. The molecule has 0 bridgehead atoms. The number of benzene rings is 2. The summed E-state index contributed by atoms with van der Waals surface area (Å²) in [5, 5.41) is 1.13. The van der Waals surface area contributed by atoms with Gasteiger partial charge in [0.05, 0.1) is 7.11 Å². The van der Waals surface area contributed by atoms with E-state index in [4.69, 9.17) is 9.02 Å². The van der Waals surface area contributed by atoms with E-state index in [-0.39, 0.29) is 0 Å². The van der Waals surface area contributed by atoms with Crippen LogP contribution in [0.15, 0.2) is 59.1 Å². The van der Waals surface area contributed by atoms with Crippen molar-refractivity contribution in [2.75, 3.05) is 7.11 Å². The monoisotopic (exact) mass is 341 g/mol. The molecule has 1 N–H and O–H groups in total. The number of rotatable bonds is 4. The van der Waals surface area contributed by atoms with Crippen molar-refractivity contribution in [3.05, 3.63) is 65.9 Å². The molecular weight excluding hydrogens is 326 g/mol. The van der Waals surface area contributed by atoms with Crippen LogP contribution in [0.5, 0.6) is 5.75 Å². The smallest absolute Gasteiger partial charge is 0.309 e. The number of methoxy groups -OCH3 is 1. The van der Waals surface area contributed by atoms with Crippen molar-refractivity contribution in [3.63, 3.8) is 0 Å². The van der Waals surface area contributed by atoms with Gasteiger partial charge in [0.1, 0.15) is 5.75 Å². The molecule has 1 aromatic heterocycles. The van der Waals surface area contributed by atoms with Gasteiger partial charge < -0.3 is 9.30 Å². The van der Waals surface area contributed by atoms with Crippen molar-refractivity contribution in [1.29, 1.82) is 0 Å². The van der Waals surface area contributed by atoms with Crippen molar-refractivity contribution in [3.8, 4) is 5.75 Å². The highest BCUT2D eigenvalue weighted by molar-refractivity contribution is 7.79. The third-order valence-electron chi connectivity index (χ3n) is 3.93. The number of hydroxylamine groups is 1. The summed E-state index contributed by atoms with van der Waals surface area (Å²) in [5.41, 5.74) is 5.68. The van der Waals surface area contributed by atoms with E-state index in [1.54, 1.807) is 7.11 Å². The fourth-order valence-corrected chi connectivity index (χ4v) is 3.17. The van der Waals surface area contributed by atoms with Gasteiger partial charge in [0.25, 0.3) is 0 Å². The summed E-state index contributed by atoms with van der Waals surface area (Å²) in [5.74, 6) is 1.32. The zero-order valence-electron chi connectivity index (χ0n) is 12.9. The lowest BCUT2D eigenvalue weighted by Crippen LogP contribution is -2.17. The van der Waals surface area contributed by atoms with Gasteiger partial charge in [-0.2, -0.15) is 4.28 Å². The molecule has 4 rings (SSSR count). The third-order valence-corrected chi connectivity index (χ3v) is 4.49. The normalized spacial score (nSPS) is 16.9. The first kappa shape index (κ1) is 14.9. The molecule has 2 heterocycles. The van der Waals surface area contributed by atoms with Crippen LogP contribution in [0.3, 0.4) is 0 Å². The molecule has 0 saturated heterocycles. The number of aromatic nitrogens is 1. The van der Waals surface area contributed by atoms with Gasteiger partial charge in [0, 0.05) is 23.8 Å². The number of amidine groups is 1. The van der Waals surface area contributed by atoms with E-state index in [0.29, 0.717) is 5.84 Å². The molecule has 0 fully saturated rings. The second-order valence-corrected chi connectivity index (χ2v) is 6.19. The van der Waals surface area contributed by atoms with E-state index in [1.165, 1.54) is 5.56 Å². The molecule has 122 valence electrons. The number of hydrogen-bond donors (Lipinski definition) is 1. The van der Waals surface area contributed by atoms with Crippen LogP contribution in [-0.2, 0) is 22.1 Å². The van der Waals surface area contributed by atoms with Crippen molar-refractivity contribution >= 4 is 28.0 Å². The maximum Gasteiger partial charge on any atom is 0.309 e. The minimum atomic E-state index is -1.66. The molecule has 1 aliphatic heterocycles. The minimum Gasteiger partial charge on any atom is -0.497 e. The second-order valence-electron chi connectivity index (χ2n) is 5.41. The molecule has 0 amide bonds. The lowest BCUT2D eigenvalue weighted by molar-refractivity contribution is 0.306. The van der Waals surface area contributed by atoms with E-state index in [2.05, 4.69) is 26.7 Å². The van der Waals surface area contributed by atoms with Crippen LogP contribution in [0.2, 0.25) is 0 Å². The Balaban J connectivity index is 1.67. The first-order valence-corrected chi connectivity index (χ1v) is 8.42. The summed E-state index contributed by atoms with van der Waals surface area (Å²) >= 11 is -1.66. The largest absolute Gasteiger partial charge is 0.497 e. The van der Waals surface area contributed by atoms with Crippen molar-refractivity contribution in [2.45, 2.75) is 6.54 Å². The molecule has 1 aliphatic rings. The highest BCUT2D eigenvalue weighted by atomic mass is 32.2. The Morgan fingerprint density at radius 2 is 2.04 bits per heavy atom. The number of nitrogens with zero attached hydrogens (tertiary/aromatic N) is 2. The molecular formula is C17H15N3O3S. The van der Waals surface area contributed by atoms with Crippen LogP contribution in [0, 0.1) is 0 Å². The van der Waals surface area contributed by atoms with E-state index in [9.17, 15) is 4.21 Å². The minimum absolute atomic E-state index is 0.479. The van der Waals surface area contributed by atoms with Gasteiger partial charge in [-0.25, -0.2) is 9.69 Å². The Morgan fingerprint density at radius 1 is 1.21 bits per heavy atom. The lowest BCUT2D eigenvalue weighted by atomic mass is 10.1. The Kier molecular flexibility index (Phi) is 3.79. The Bertz CT molecular complexity index is 947. The average Bonchev–Trinajstić information content (AvgIpc) is 3.22. The first-order chi connectivity index (χ1) is 11.7. The molecule has 0 saturated carbocycles. The van der Waals surface area contributed by atoms with E-state index in [0.717, 1.165) is 28.8 Å². The molecule has 0 spiro atoms. The average molecular weight is 341 g/mol. The van der Waals surface area contributed by atoms with Crippen LogP contribution in [0.25, 0.3) is 10.9 Å². The summed E-state index contributed by atoms with van der Waals surface area (Å²) in [4.78, 5) is 0. The van der Waals surface area contributed by atoms with E-state index >= 15 is 0 Å². The fraction of sp³-hybridized carbons (Fsp3) is 0.118. The maximum atomic E-state index is 11.2. The maximum absolute atomic E-state index is 11.2. The number of fused-ring (bicyclic) bond motifs is 1. The third kappa shape index (κ3) is 2.79. The molecule has 1 atom stereocenters. The number of nitrogens with one attached hydrogen (secondary N) is 1. The quantitative estimate of drug-likeness (QED) is 0.792. The van der Waals surface area contributed by atoms with Crippen LogP contribution in [-0.4, -0.2) is 21.7 Å². The van der Waals surface area contributed by atoms with Gasteiger partial charge in [-0.1, -0.05) is 24.3 Å². The first-order valence-electron chi connectivity index (χ1n) is 7.39. The molecule has 6 nitrogen and oxygen atoms in total. The molecule has 24 heavy (non-hydrogen) atoms. The fourth-order valence-electron chi connectivity index (χ4n) is 2.70. The van der Waals surface area contributed by atoms with Crippen molar-refractivity contribution in [1.82, 2.24) is 10.0 Å². The summed E-state index contributed by atoms with van der Waals surface area (Å²) < 4.78 is 27.3. The van der Waals surface area contributed by atoms with Gasteiger partial charge >= 0.3 is 11.3 Å². The van der Waals surface area contributed by atoms with Crippen LogP contribution < -0.4 is 10.2 Å². The topological polar surface area (TPSA) is 64.9 Å². The number of hydrogen-bond acceptors (Lipinski definition) is 4. The Hall–Kier alpha value is -2.64. The van der Waals surface area contributed by atoms with E-state index in [1.807, 2.05) is 42.5 Å². The SMILES string of the molecule is COc1ccc(Cn2ccc3ccc(C4=NS(=O)ON4)cc32)cc1. The van der Waals surface area contributed by atoms with Crippen LogP contribution in [0.4, 0.5) is 0 Å². The Labute approximate surface area is 141 Å². The van der Waals surface area contributed by atoms with Crippen molar-refractivity contribution < 1.29 is 13.2 Å². The van der Waals surface area contributed by atoms with Gasteiger partial charge in [0.2, 0.25) is 0 Å². The lowest BCUT2D eigenvalue weighted by Gasteiger charge is -2.08.